The molecule has 1 saturated heterocycles. The Bertz CT molecular complexity index is 654. The zero-order valence-corrected chi connectivity index (χ0v) is 13.8. The van der Waals surface area contributed by atoms with Gasteiger partial charge in [-0.3, -0.25) is 4.98 Å². The molecule has 5 heteroatoms. The minimum Gasteiger partial charge on any atom is -0.494 e. The van der Waals surface area contributed by atoms with Crippen molar-refractivity contribution in [1.29, 1.82) is 0 Å². The van der Waals surface area contributed by atoms with E-state index in [2.05, 4.69) is 23.3 Å². The highest BCUT2D eigenvalue weighted by atomic mass is 16.5. The lowest BCUT2D eigenvalue weighted by atomic mass is 10.1. The molecular weight excluding hydrogens is 292 g/mol. The summed E-state index contributed by atoms with van der Waals surface area (Å²) in [6.07, 6.45) is 4.42. The van der Waals surface area contributed by atoms with Crippen molar-refractivity contribution in [2.24, 2.45) is 0 Å². The standard InChI is InChI=1S/C18H24N2O3/c1-13-11-20-18-15(6-3-7-16(18)21-2)17(13)19-8-10-22-12-14-5-4-9-23-14/h3,6-7,11,14H,4-5,8-10,12H2,1-2H3,(H,19,20). The van der Waals surface area contributed by atoms with E-state index in [1.54, 1.807) is 7.11 Å². The fourth-order valence-corrected chi connectivity index (χ4v) is 2.93. The van der Waals surface area contributed by atoms with E-state index in [4.69, 9.17) is 14.2 Å². The first-order valence-corrected chi connectivity index (χ1v) is 8.15. The number of fused-ring (bicyclic) bond motifs is 1. The maximum atomic E-state index is 5.71. The van der Waals surface area contributed by atoms with Gasteiger partial charge in [0.05, 0.1) is 26.4 Å². The van der Waals surface area contributed by atoms with Crippen LogP contribution in [0, 0.1) is 6.92 Å². The molecule has 0 bridgehead atoms. The lowest BCUT2D eigenvalue weighted by Crippen LogP contribution is -2.18. The summed E-state index contributed by atoms with van der Waals surface area (Å²) in [5, 5.41) is 4.54. The second-order valence-corrected chi connectivity index (χ2v) is 5.81. The summed E-state index contributed by atoms with van der Waals surface area (Å²) in [4.78, 5) is 4.50. The molecule has 1 aromatic heterocycles. The van der Waals surface area contributed by atoms with E-state index in [1.165, 1.54) is 0 Å². The normalized spacial score (nSPS) is 17.6. The number of pyridine rings is 1. The summed E-state index contributed by atoms with van der Waals surface area (Å²) in [6.45, 7) is 5.03. The van der Waals surface area contributed by atoms with Crippen LogP contribution in [0.1, 0.15) is 18.4 Å². The lowest BCUT2D eigenvalue weighted by molar-refractivity contribution is 0.0206. The van der Waals surface area contributed by atoms with Crippen LogP contribution in [0.4, 0.5) is 5.69 Å². The zero-order chi connectivity index (χ0) is 16.1. The van der Waals surface area contributed by atoms with Crippen molar-refractivity contribution in [2.75, 3.05) is 38.8 Å². The number of hydrogen-bond donors (Lipinski definition) is 1. The van der Waals surface area contributed by atoms with Crippen LogP contribution in [-0.4, -0.2) is 44.6 Å². The Morgan fingerprint density at radius 1 is 1.39 bits per heavy atom. The second-order valence-electron chi connectivity index (χ2n) is 5.81. The Labute approximate surface area is 137 Å². The molecule has 2 heterocycles. The molecule has 3 rings (SSSR count). The number of para-hydroxylation sites is 1. The third-order valence-corrected chi connectivity index (χ3v) is 4.15. The first-order chi connectivity index (χ1) is 11.3. The van der Waals surface area contributed by atoms with E-state index in [1.807, 2.05) is 18.3 Å². The molecular formula is C18H24N2O3. The maximum Gasteiger partial charge on any atom is 0.145 e. The molecule has 1 N–H and O–H groups in total. The van der Waals surface area contributed by atoms with Gasteiger partial charge in [-0.2, -0.15) is 0 Å². The van der Waals surface area contributed by atoms with Crippen molar-refractivity contribution in [3.63, 3.8) is 0 Å². The Morgan fingerprint density at radius 2 is 2.30 bits per heavy atom. The molecule has 0 saturated carbocycles. The van der Waals surface area contributed by atoms with E-state index >= 15 is 0 Å². The minimum atomic E-state index is 0.280. The SMILES string of the molecule is COc1cccc2c(NCCOCC3CCCO3)c(C)cnc12. The molecule has 124 valence electrons. The molecule has 5 nitrogen and oxygen atoms in total. The molecule has 1 aliphatic heterocycles. The maximum absolute atomic E-state index is 5.71. The van der Waals surface area contributed by atoms with Gasteiger partial charge in [-0.25, -0.2) is 0 Å². The van der Waals surface area contributed by atoms with Gasteiger partial charge in [0.1, 0.15) is 11.3 Å². The Hall–Kier alpha value is -1.85. The Morgan fingerprint density at radius 3 is 3.09 bits per heavy atom. The Kier molecular flexibility index (Phi) is 5.31. The van der Waals surface area contributed by atoms with E-state index in [0.717, 1.165) is 53.9 Å². The van der Waals surface area contributed by atoms with Gasteiger partial charge in [-0.1, -0.05) is 12.1 Å². The van der Waals surface area contributed by atoms with Crippen molar-refractivity contribution in [3.8, 4) is 5.75 Å². The number of nitrogens with one attached hydrogen (secondary N) is 1. The predicted octanol–water partition coefficient (Wildman–Crippen LogP) is 3.16. The van der Waals surface area contributed by atoms with Crippen LogP contribution in [0.25, 0.3) is 10.9 Å². The van der Waals surface area contributed by atoms with E-state index in [9.17, 15) is 0 Å². The molecule has 0 radical (unpaired) electrons. The topological polar surface area (TPSA) is 52.6 Å². The van der Waals surface area contributed by atoms with Crippen LogP contribution in [0.15, 0.2) is 24.4 Å². The molecule has 1 atom stereocenters. The first kappa shape index (κ1) is 16.0. The van der Waals surface area contributed by atoms with Gasteiger partial charge in [-0.05, 0) is 31.4 Å². The summed E-state index contributed by atoms with van der Waals surface area (Å²) in [5.74, 6) is 0.792. The number of anilines is 1. The summed E-state index contributed by atoms with van der Waals surface area (Å²) in [7, 11) is 1.67. The zero-order valence-electron chi connectivity index (χ0n) is 13.8. The van der Waals surface area contributed by atoms with Crippen molar-refractivity contribution in [3.05, 3.63) is 30.0 Å². The fraction of sp³-hybridized carbons (Fsp3) is 0.500. The molecule has 1 aromatic carbocycles. The van der Waals surface area contributed by atoms with Crippen molar-refractivity contribution < 1.29 is 14.2 Å². The number of rotatable bonds is 7. The summed E-state index contributed by atoms with van der Waals surface area (Å²) in [5.41, 5.74) is 3.09. The minimum absolute atomic E-state index is 0.280. The van der Waals surface area contributed by atoms with Crippen molar-refractivity contribution >= 4 is 16.6 Å². The van der Waals surface area contributed by atoms with E-state index in [-0.39, 0.29) is 6.10 Å². The Balaban J connectivity index is 1.61. The van der Waals surface area contributed by atoms with Gasteiger partial charge < -0.3 is 19.5 Å². The number of ether oxygens (including phenoxy) is 3. The largest absolute Gasteiger partial charge is 0.494 e. The number of hydrogen-bond acceptors (Lipinski definition) is 5. The molecule has 1 unspecified atom stereocenters. The molecule has 0 spiro atoms. The molecule has 23 heavy (non-hydrogen) atoms. The van der Waals surface area contributed by atoms with Crippen molar-refractivity contribution in [1.82, 2.24) is 4.98 Å². The molecule has 1 aliphatic rings. The highest BCUT2D eigenvalue weighted by molar-refractivity contribution is 5.96. The van der Waals surface area contributed by atoms with E-state index < -0.39 is 0 Å². The highest BCUT2D eigenvalue weighted by Crippen LogP contribution is 2.30. The van der Waals surface area contributed by atoms with Gasteiger partial charge in [0, 0.05) is 30.4 Å². The smallest absolute Gasteiger partial charge is 0.145 e. The quantitative estimate of drug-likeness (QED) is 0.795. The molecule has 2 aromatic rings. The average Bonchev–Trinajstić information content (AvgIpc) is 3.09. The van der Waals surface area contributed by atoms with E-state index in [0.29, 0.717) is 13.2 Å². The molecule has 0 amide bonds. The van der Waals surface area contributed by atoms with Crippen LogP contribution in [0.2, 0.25) is 0 Å². The van der Waals surface area contributed by atoms with Gasteiger partial charge in [0.15, 0.2) is 0 Å². The van der Waals surface area contributed by atoms with Gasteiger partial charge in [0.2, 0.25) is 0 Å². The molecule has 0 aliphatic carbocycles. The van der Waals surface area contributed by atoms with Crippen molar-refractivity contribution in [2.45, 2.75) is 25.9 Å². The van der Waals surface area contributed by atoms with Gasteiger partial charge in [-0.15, -0.1) is 0 Å². The third-order valence-electron chi connectivity index (χ3n) is 4.15. The average molecular weight is 316 g/mol. The van der Waals surface area contributed by atoms with Crippen LogP contribution < -0.4 is 10.1 Å². The number of aryl methyl sites for hydroxylation is 1. The lowest BCUT2D eigenvalue weighted by Gasteiger charge is -2.15. The van der Waals surface area contributed by atoms with Crippen LogP contribution in [0.3, 0.4) is 0 Å². The highest BCUT2D eigenvalue weighted by Gasteiger charge is 2.15. The second kappa shape index (κ2) is 7.62. The van der Waals surface area contributed by atoms with Gasteiger partial charge >= 0.3 is 0 Å². The number of methoxy groups -OCH3 is 1. The van der Waals surface area contributed by atoms with Crippen LogP contribution in [0.5, 0.6) is 5.75 Å². The van der Waals surface area contributed by atoms with Crippen LogP contribution >= 0.6 is 0 Å². The summed E-state index contributed by atoms with van der Waals surface area (Å²) < 4.78 is 16.7. The first-order valence-electron chi connectivity index (χ1n) is 8.15. The number of benzene rings is 1. The number of aromatic nitrogens is 1. The van der Waals surface area contributed by atoms with Gasteiger partial charge in [0.25, 0.3) is 0 Å². The number of nitrogens with zero attached hydrogens (tertiary/aromatic N) is 1. The summed E-state index contributed by atoms with van der Waals surface area (Å²) >= 11 is 0. The molecule has 1 fully saturated rings. The van der Waals surface area contributed by atoms with Crippen LogP contribution in [-0.2, 0) is 9.47 Å². The monoisotopic (exact) mass is 316 g/mol. The fourth-order valence-electron chi connectivity index (χ4n) is 2.93. The third kappa shape index (κ3) is 3.74. The predicted molar refractivity (Wildman–Crippen MR) is 91.3 cm³/mol. The summed E-state index contributed by atoms with van der Waals surface area (Å²) in [6, 6.07) is 5.98.